The summed E-state index contributed by atoms with van der Waals surface area (Å²) in [7, 11) is 0. The van der Waals surface area contributed by atoms with Crippen LogP contribution in [0.15, 0.2) is 42.6 Å². The van der Waals surface area contributed by atoms with Gasteiger partial charge in [0.15, 0.2) is 0 Å². The molecule has 1 N–H and O–H groups in total. The Labute approximate surface area is 104 Å². The van der Waals surface area contributed by atoms with Crippen LogP contribution in [0.2, 0.25) is 0 Å². The summed E-state index contributed by atoms with van der Waals surface area (Å²) >= 11 is 0. The third kappa shape index (κ3) is 2.71. The molecule has 0 spiro atoms. The van der Waals surface area contributed by atoms with E-state index in [4.69, 9.17) is 5.11 Å². The third-order valence-electron chi connectivity index (χ3n) is 2.70. The SMILES string of the molecule is CC(F)(F)c1ccc(-c2ccc(CO)cc2)nc1. The minimum Gasteiger partial charge on any atom is -0.392 e. The third-order valence-corrected chi connectivity index (χ3v) is 2.70. The summed E-state index contributed by atoms with van der Waals surface area (Å²) < 4.78 is 26.0. The van der Waals surface area contributed by atoms with Crippen LogP contribution >= 0.6 is 0 Å². The average Bonchev–Trinajstić information content (AvgIpc) is 2.38. The Hall–Kier alpha value is -1.81. The van der Waals surface area contributed by atoms with Gasteiger partial charge in [0.05, 0.1) is 12.3 Å². The molecule has 2 aromatic rings. The lowest BCUT2D eigenvalue weighted by molar-refractivity contribution is 0.0171. The summed E-state index contributed by atoms with van der Waals surface area (Å²) in [6, 6.07) is 10.1. The first-order chi connectivity index (χ1) is 8.50. The maximum absolute atomic E-state index is 13.0. The van der Waals surface area contributed by atoms with Gasteiger partial charge >= 0.3 is 0 Å². The topological polar surface area (TPSA) is 33.1 Å². The van der Waals surface area contributed by atoms with Crippen LogP contribution in [0.1, 0.15) is 18.1 Å². The molecular weight excluding hydrogens is 236 g/mol. The van der Waals surface area contributed by atoms with Crippen LogP contribution in [0.4, 0.5) is 8.78 Å². The molecule has 1 heterocycles. The summed E-state index contributed by atoms with van der Waals surface area (Å²) in [6.07, 6.45) is 1.19. The van der Waals surface area contributed by atoms with E-state index in [1.807, 2.05) is 0 Å². The molecule has 18 heavy (non-hydrogen) atoms. The van der Waals surface area contributed by atoms with E-state index >= 15 is 0 Å². The standard InChI is InChI=1S/C14H13F2NO/c1-14(15,16)12-6-7-13(17-8-12)11-4-2-10(9-18)3-5-11/h2-8,18H,9H2,1H3. The van der Waals surface area contributed by atoms with Crippen molar-refractivity contribution in [3.8, 4) is 11.3 Å². The van der Waals surface area contributed by atoms with Crippen molar-refractivity contribution in [3.05, 3.63) is 53.7 Å². The molecule has 0 aliphatic heterocycles. The van der Waals surface area contributed by atoms with Gasteiger partial charge in [-0.05, 0) is 17.7 Å². The quantitative estimate of drug-likeness (QED) is 0.904. The Morgan fingerprint density at radius 1 is 1.11 bits per heavy atom. The van der Waals surface area contributed by atoms with Crippen molar-refractivity contribution >= 4 is 0 Å². The highest BCUT2D eigenvalue weighted by Crippen LogP contribution is 2.27. The highest BCUT2D eigenvalue weighted by molar-refractivity contribution is 5.59. The number of alkyl halides is 2. The second-order valence-electron chi connectivity index (χ2n) is 4.18. The normalized spacial score (nSPS) is 11.6. The number of pyridine rings is 1. The predicted octanol–water partition coefficient (Wildman–Crippen LogP) is 3.35. The van der Waals surface area contributed by atoms with Gasteiger partial charge in [-0.25, -0.2) is 8.78 Å². The molecule has 94 valence electrons. The highest BCUT2D eigenvalue weighted by atomic mass is 19.3. The van der Waals surface area contributed by atoms with Gasteiger partial charge in [0.2, 0.25) is 0 Å². The molecule has 0 atom stereocenters. The Balaban J connectivity index is 2.28. The molecule has 0 unspecified atom stereocenters. The van der Waals surface area contributed by atoms with Gasteiger partial charge in [0, 0.05) is 24.2 Å². The molecule has 0 aliphatic rings. The maximum Gasteiger partial charge on any atom is 0.272 e. The lowest BCUT2D eigenvalue weighted by Crippen LogP contribution is -2.07. The summed E-state index contributed by atoms with van der Waals surface area (Å²) in [5, 5.41) is 8.93. The number of hydrogen-bond donors (Lipinski definition) is 1. The Morgan fingerprint density at radius 3 is 2.22 bits per heavy atom. The number of rotatable bonds is 3. The first-order valence-electron chi connectivity index (χ1n) is 5.55. The molecule has 0 fully saturated rings. The van der Waals surface area contributed by atoms with Gasteiger partial charge in [0.25, 0.3) is 5.92 Å². The summed E-state index contributed by atoms with van der Waals surface area (Å²) in [6.45, 7) is 0.828. The number of benzene rings is 1. The van der Waals surface area contributed by atoms with E-state index in [9.17, 15) is 8.78 Å². The zero-order valence-corrected chi connectivity index (χ0v) is 9.90. The first kappa shape index (κ1) is 12.6. The molecule has 0 radical (unpaired) electrons. The van der Waals surface area contributed by atoms with Crippen molar-refractivity contribution in [2.75, 3.05) is 0 Å². The van der Waals surface area contributed by atoms with E-state index in [0.29, 0.717) is 5.69 Å². The molecular formula is C14H13F2NO. The minimum atomic E-state index is -2.87. The van der Waals surface area contributed by atoms with Crippen LogP contribution in [-0.4, -0.2) is 10.1 Å². The Bertz CT molecular complexity index is 515. The van der Waals surface area contributed by atoms with Crippen molar-refractivity contribution in [1.29, 1.82) is 0 Å². The minimum absolute atomic E-state index is 0.0191. The molecule has 4 heteroatoms. The van der Waals surface area contributed by atoms with Gasteiger partial charge in [-0.15, -0.1) is 0 Å². The average molecular weight is 249 g/mol. The van der Waals surface area contributed by atoms with Crippen molar-refractivity contribution in [2.24, 2.45) is 0 Å². The fourth-order valence-corrected chi connectivity index (χ4v) is 1.61. The number of aromatic nitrogens is 1. The van der Waals surface area contributed by atoms with E-state index in [1.54, 1.807) is 30.3 Å². The lowest BCUT2D eigenvalue weighted by Gasteiger charge is -2.10. The fraction of sp³-hybridized carbons (Fsp3) is 0.214. The second kappa shape index (κ2) is 4.82. The van der Waals surface area contributed by atoms with Gasteiger partial charge in [-0.3, -0.25) is 4.98 Å². The first-order valence-corrected chi connectivity index (χ1v) is 5.55. The fourth-order valence-electron chi connectivity index (χ4n) is 1.61. The lowest BCUT2D eigenvalue weighted by atomic mass is 10.1. The number of halogens is 2. The number of hydrogen-bond acceptors (Lipinski definition) is 2. The Morgan fingerprint density at radius 2 is 1.78 bits per heavy atom. The molecule has 2 nitrogen and oxygen atoms in total. The summed E-state index contributed by atoms with van der Waals surface area (Å²) in [5.74, 6) is -2.87. The molecule has 1 aromatic carbocycles. The smallest absolute Gasteiger partial charge is 0.272 e. The van der Waals surface area contributed by atoms with Crippen molar-refractivity contribution in [1.82, 2.24) is 4.98 Å². The van der Waals surface area contributed by atoms with E-state index < -0.39 is 5.92 Å². The molecule has 0 amide bonds. The van der Waals surface area contributed by atoms with E-state index in [-0.39, 0.29) is 12.2 Å². The molecule has 0 saturated heterocycles. The zero-order chi connectivity index (χ0) is 13.2. The number of aliphatic hydroxyl groups excluding tert-OH is 1. The van der Waals surface area contributed by atoms with Gasteiger partial charge in [0.1, 0.15) is 0 Å². The molecule has 0 aliphatic carbocycles. The number of nitrogens with zero attached hydrogens (tertiary/aromatic N) is 1. The van der Waals surface area contributed by atoms with Gasteiger partial charge in [-0.1, -0.05) is 24.3 Å². The van der Waals surface area contributed by atoms with Gasteiger partial charge in [-0.2, -0.15) is 0 Å². The van der Waals surface area contributed by atoms with Crippen LogP contribution in [0.3, 0.4) is 0 Å². The van der Waals surface area contributed by atoms with Crippen LogP contribution in [0, 0.1) is 0 Å². The monoisotopic (exact) mass is 249 g/mol. The summed E-state index contributed by atoms with van der Waals surface area (Å²) in [5.41, 5.74) is 2.17. The van der Waals surface area contributed by atoms with Crippen LogP contribution < -0.4 is 0 Å². The molecule has 2 rings (SSSR count). The Kier molecular flexibility index (Phi) is 3.39. The highest BCUT2D eigenvalue weighted by Gasteiger charge is 2.24. The van der Waals surface area contributed by atoms with E-state index in [0.717, 1.165) is 18.1 Å². The van der Waals surface area contributed by atoms with E-state index in [2.05, 4.69) is 4.98 Å². The zero-order valence-electron chi connectivity index (χ0n) is 9.90. The van der Waals surface area contributed by atoms with Crippen molar-refractivity contribution < 1.29 is 13.9 Å². The molecule has 1 aromatic heterocycles. The van der Waals surface area contributed by atoms with E-state index in [1.165, 1.54) is 12.3 Å². The van der Waals surface area contributed by atoms with Gasteiger partial charge < -0.3 is 5.11 Å². The molecule has 0 saturated carbocycles. The largest absolute Gasteiger partial charge is 0.392 e. The van der Waals surface area contributed by atoms with Crippen molar-refractivity contribution in [3.63, 3.8) is 0 Å². The predicted molar refractivity (Wildman–Crippen MR) is 65.2 cm³/mol. The van der Waals surface area contributed by atoms with Crippen LogP contribution in [-0.2, 0) is 12.5 Å². The number of aliphatic hydroxyl groups is 1. The molecule has 0 bridgehead atoms. The van der Waals surface area contributed by atoms with Crippen LogP contribution in [0.5, 0.6) is 0 Å². The van der Waals surface area contributed by atoms with Crippen LogP contribution in [0.25, 0.3) is 11.3 Å². The second-order valence-corrected chi connectivity index (χ2v) is 4.18. The summed E-state index contributed by atoms with van der Waals surface area (Å²) in [4.78, 5) is 4.03. The maximum atomic E-state index is 13.0. The van der Waals surface area contributed by atoms with Crippen molar-refractivity contribution in [2.45, 2.75) is 19.5 Å².